The number of benzene rings is 1. The third kappa shape index (κ3) is 3.75. The van der Waals surface area contributed by atoms with Crippen LogP contribution in [0.5, 0.6) is 0 Å². The van der Waals surface area contributed by atoms with Gasteiger partial charge in [0.25, 0.3) is 0 Å². The van der Waals surface area contributed by atoms with Crippen molar-refractivity contribution in [2.75, 3.05) is 18.2 Å². The number of anilines is 1. The number of Topliss-reactive ketones (excluding diaryl/α,β-unsaturated/α-hetero) is 1. The third-order valence-electron chi connectivity index (χ3n) is 2.16. The summed E-state index contributed by atoms with van der Waals surface area (Å²) in [4.78, 5) is 22.8. The van der Waals surface area contributed by atoms with Crippen LogP contribution < -0.4 is 5.73 Å². The van der Waals surface area contributed by atoms with Gasteiger partial charge in [-0.2, -0.15) is 0 Å². The number of hydrogen-bond acceptors (Lipinski definition) is 4. The molecule has 0 aliphatic heterocycles. The topological polar surface area (TPSA) is 69.4 Å². The summed E-state index contributed by atoms with van der Waals surface area (Å²) in [6.07, 6.45) is 0.191. The van der Waals surface area contributed by atoms with E-state index in [2.05, 4.69) is 0 Å². The molecule has 0 saturated carbocycles. The maximum atomic E-state index is 11.6. The molecule has 0 amide bonds. The number of carbonyl (C=O) groups excluding carboxylic acids is 2. The first-order chi connectivity index (χ1) is 8.08. The summed E-state index contributed by atoms with van der Waals surface area (Å²) in [5.74, 6) is -0.629. The van der Waals surface area contributed by atoms with Crippen LogP contribution in [0.3, 0.4) is 0 Å². The molecule has 17 heavy (non-hydrogen) atoms. The lowest BCUT2D eigenvalue weighted by Crippen LogP contribution is -2.10. The molecule has 5 heteroatoms. The molecular weight excluding hydrogens is 242 g/mol. The molecule has 0 heterocycles. The highest BCUT2D eigenvalue weighted by atomic mass is 35.5. The molecule has 1 rings (SSSR count). The summed E-state index contributed by atoms with van der Waals surface area (Å²) in [6.45, 7) is 2.00. The van der Waals surface area contributed by atoms with Crippen molar-refractivity contribution in [3.8, 4) is 0 Å². The fraction of sp³-hybridized carbons (Fsp3) is 0.333. The van der Waals surface area contributed by atoms with Crippen molar-refractivity contribution in [2.24, 2.45) is 0 Å². The van der Waals surface area contributed by atoms with Gasteiger partial charge in [0, 0.05) is 12.1 Å². The largest absolute Gasteiger partial charge is 0.462 e. The van der Waals surface area contributed by atoms with Crippen molar-refractivity contribution >= 4 is 29.0 Å². The first-order valence-electron chi connectivity index (χ1n) is 5.21. The Morgan fingerprint density at radius 3 is 2.71 bits per heavy atom. The van der Waals surface area contributed by atoms with Gasteiger partial charge in [-0.3, -0.25) is 4.79 Å². The molecule has 0 unspecified atom stereocenters. The van der Waals surface area contributed by atoms with Crippen molar-refractivity contribution < 1.29 is 14.3 Å². The van der Waals surface area contributed by atoms with E-state index in [1.54, 1.807) is 25.1 Å². The molecule has 2 N–H and O–H groups in total. The number of carbonyl (C=O) groups is 2. The second-order valence-electron chi connectivity index (χ2n) is 3.49. The Morgan fingerprint density at radius 2 is 2.12 bits per heavy atom. The monoisotopic (exact) mass is 255 g/mol. The Kier molecular flexibility index (Phi) is 4.97. The van der Waals surface area contributed by atoms with Crippen LogP contribution in [-0.4, -0.2) is 24.2 Å². The lowest BCUT2D eigenvalue weighted by molar-refractivity contribution is -0.116. The van der Waals surface area contributed by atoms with E-state index in [4.69, 9.17) is 22.1 Å². The number of nitrogens with two attached hydrogens (primary N) is 1. The van der Waals surface area contributed by atoms with Crippen LogP contribution in [0.25, 0.3) is 0 Å². The van der Waals surface area contributed by atoms with E-state index in [0.29, 0.717) is 11.3 Å². The highest BCUT2D eigenvalue weighted by Crippen LogP contribution is 2.16. The summed E-state index contributed by atoms with van der Waals surface area (Å²) in [7, 11) is 0. The van der Waals surface area contributed by atoms with Gasteiger partial charge in [0.2, 0.25) is 0 Å². The average Bonchev–Trinajstić information content (AvgIpc) is 2.31. The van der Waals surface area contributed by atoms with Gasteiger partial charge in [-0.15, -0.1) is 11.6 Å². The van der Waals surface area contributed by atoms with Crippen LogP contribution in [0.2, 0.25) is 0 Å². The van der Waals surface area contributed by atoms with Crippen molar-refractivity contribution in [2.45, 2.75) is 13.3 Å². The normalized spacial score (nSPS) is 10.0. The Labute approximate surface area is 105 Å². The van der Waals surface area contributed by atoms with E-state index in [1.165, 1.54) is 0 Å². The maximum absolute atomic E-state index is 11.6. The van der Waals surface area contributed by atoms with Gasteiger partial charge < -0.3 is 10.5 Å². The highest BCUT2D eigenvalue weighted by molar-refractivity contribution is 6.27. The number of alkyl halides is 1. The van der Waals surface area contributed by atoms with E-state index >= 15 is 0 Å². The summed E-state index contributed by atoms with van der Waals surface area (Å²) < 4.78 is 4.87. The number of ketones is 1. The van der Waals surface area contributed by atoms with Crippen molar-refractivity contribution in [1.82, 2.24) is 0 Å². The maximum Gasteiger partial charge on any atom is 0.340 e. The Hall–Kier alpha value is -1.55. The van der Waals surface area contributed by atoms with Crippen LogP contribution in [0, 0.1) is 0 Å². The molecule has 0 spiro atoms. The summed E-state index contributed by atoms with van der Waals surface area (Å²) in [6, 6.07) is 4.85. The van der Waals surface area contributed by atoms with Gasteiger partial charge in [0.15, 0.2) is 5.78 Å². The lowest BCUT2D eigenvalue weighted by atomic mass is 10.0. The van der Waals surface area contributed by atoms with Crippen LogP contribution in [0.4, 0.5) is 5.69 Å². The number of halogens is 1. The predicted molar refractivity (Wildman–Crippen MR) is 66.2 cm³/mol. The summed E-state index contributed by atoms with van der Waals surface area (Å²) in [5, 5.41) is 0. The second-order valence-corrected chi connectivity index (χ2v) is 3.76. The number of rotatable bonds is 5. The zero-order valence-corrected chi connectivity index (χ0v) is 10.3. The van der Waals surface area contributed by atoms with Crippen molar-refractivity contribution in [1.29, 1.82) is 0 Å². The first-order valence-corrected chi connectivity index (χ1v) is 5.75. The van der Waals surface area contributed by atoms with Gasteiger partial charge >= 0.3 is 5.97 Å². The standard InChI is InChI=1S/C12H14ClNO3/c1-2-17-12(16)10-6-8(3-4-11(10)14)5-9(15)7-13/h3-4,6H,2,5,7,14H2,1H3. The molecule has 0 bridgehead atoms. The smallest absolute Gasteiger partial charge is 0.340 e. The molecule has 0 aliphatic carbocycles. The lowest BCUT2D eigenvalue weighted by Gasteiger charge is -2.07. The van der Waals surface area contributed by atoms with Crippen LogP contribution in [0.15, 0.2) is 18.2 Å². The van der Waals surface area contributed by atoms with E-state index in [0.717, 1.165) is 0 Å². The number of hydrogen-bond donors (Lipinski definition) is 1. The SMILES string of the molecule is CCOC(=O)c1cc(CC(=O)CCl)ccc1N. The van der Waals surface area contributed by atoms with Crippen molar-refractivity contribution in [3.63, 3.8) is 0 Å². The molecule has 0 saturated heterocycles. The molecule has 0 atom stereocenters. The molecule has 0 aliphatic rings. The molecule has 1 aromatic carbocycles. The highest BCUT2D eigenvalue weighted by Gasteiger charge is 2.12. The average molecular weight is 256 g/mol. The Bertz CT molecular complexity index is 432. The van der Waals surface area contributed by atoms with E-state index < -0.39 is 5.97 Å². The number of nitrogen functional groups attached to an aromatic ring is 1. The van der Waals surface area contributed by atoms with Gasteiger partial charge in [-0.05, 0) is 24.6 Å². The minimum atomic E-state index is -0.481. The minimum absolute atomic E-state index is 0.0425. The van der Waals surface area contributed by atoms with Crippen molar-refractivity contribution in [3.05, 3.63) is 29.3 Å². The van der Waals surface area contributed by atoms with Crippen LogP contribution in [-0.2, 0) is 16.0 Å². The first kappa shape index (κ1) is 13.5. The van der Waals surface area contributed by atoms with E-state index in [1.807, 2.05) is 0 Å². The predicted octanol–water partition coefficient (Wildman–Crippen LogP) is 1.80. The Balaban J connectivity index is 2.94. The quantitative estimate of drug-likeness (QED) is 0.495. The molecule has 0 fully saturated rings. The van der Waals surface area contributed by atoms with Gasteiger partial charge in [-0.25, -0.2) is 4.79 Å². The van der Waals surface area contributed by atoms with Gasteiger partial charge in [-0.1, -0.05) is 6.07 Å². The fourth-order valence-electron chi connectivity index (χ4n) is 1.37. The molecule has 0 aromatic heterocycles. The molecule has 0 radical (unpaired) electrons. The third-order valence-corrected chi connectivity index (χ3v) is 2.46. The summed E-state index contributed by atoms with van der Waals surface area (Å²) in [5.41, 5.74) is 7.00. The molecule has 92 valence electrons. The van der Waals surface area contributed by atoms with E-state index in [-0.39, 0.29) is 30.3 Å². The zero-order chi connectivity index (χ0) is 12.8. The molecule has 1 aromatic rings. The molecular formula is C12H14ClNO3. The van der Waals surface area contributed by atoms with Gasteiger partial charge in [0.1, 0.15) is 0 Å². The van der Waals surface area contributed by atoms with Gasteiger partial charge in [0.05, 0.1) is 18.1 Å². The van der Waals surface area contributed by atoms with E-state index in [9.17, 15) is 9.59 Å². The number of ether oxygens (including phenoxy) is 1. The summed E-state index contributed by atoms with van der Waals surface area (Å²) >= 11 is 5.42. The van der Waals surface area contributed by atoms with Crippen LogP contribution >= 0.6 is 11.6 Å². The Morgan fingerprint density at radius 1 is 1.41 bits per heavy atom. The zero-order valence-electron chi connectivity index (χ0n) is 9.53. The fourth-order valence-corrected chi connectivity index (χ4v) is 1.47. The number of esters is 1. The second kappa shape index (κ2) is 6.25. The molecule has 4 nitrogen and oxygen atoms in total. The van der Waals surface area contributed by atoms with Crippen LogP contribution in [0.1, 0.15) is 22.8 Å². The minimum Gasteiger partial charge on any atom is -0.462 e.